The van der Waals surface area contributed by atoms with E-state index in [1.807, 2.05) is 31.3 Å². The number of pyridine rings is 1. The fourth-order valence-electron chi connectivity index (χ4n) is 3.23. The molecule has 0 aliphatic rings. The molecule has 0 radical (unpaired) electrons. The minimum Gasteiger partial charge on any atom is -0.373 e. The van der Waals surface area contributed by atoms with E-state index in [-0.39, 0.29) is 0 Å². The maximum atomic E-state index is 6.08. The van der Waals surface area contributed by atoms with Crippen molar-refractivity contribution < 1.29 is 4.52 Å². The average Bonchev–Trinajstić information content (AvgIpc) is 3.24. The SMILES string of the molecule is CNc1ncccc1-c1noc(CSc2ccc(C)c(C)c2-c2ccc(Cl)cc2)n1. The zero-order valence-corrected chi connectivity index (χ0v) is 18.5. The van der Waals surface area contributed by atoms with Crippen LogP contribution in [0, 0.1) is 13.8 Å². The fraction of sp³-hybridized carbons (Fsp3) is 0.174. The number of thioether (sulfide) groups is 1. The summed E-state index contributed by atoms with van der Waals surface area (Å²) < 4.78 is 5.50. The lowest BCUT2D eigenvalue weighted by Gasteiger charge is -2.14. The van der Waals surface area contributed by atoms with E-state index >= 15 is 0 Å². The van der Waals surface area contributed by atoms with Crippen LogP contribution in [0.2, 0.25) is 5.02 Å². The summed E-state index contributed by atoms with van der Waals surface area (Å²) in [5.41, 5.74) is 5.67. The standard InChI is InChI=1S/C23H21ClN4OS/c1-14-6-11-19(21(15(14)2)16-7-9-17(24)10-8-16)30-13-20-27-23(28-29-20)18-5-4-12-26-22(18)25-3/h4-12H,13H2,1-3H3,(H,25,26). The van der Waals surface area contributed by atoms with Crippen molar-refractivity contribution in [1.29, 1.82) is 0 Å². The molecule has 0 bridgehead atoms. The molecule has 4 aromatic rings. The third kappa shape index (κ3) is 4.20. The van der Waals surface area contributed by atoms with Crippen LogP contribution >= 0.6 is 23.4 Å². The molecule has 152 valence electrons. The third-order valence-corrected chi connectivity index (χ3v) is 6.23. The minimum absolute atomic E-state index is 0.529. The molecule has 0 aliphatic heterocycles. The molecule has 2 aromatic heterocycles. The van der Waals surface area contributed by atoms with Gasteiger partial charge in [0.2, 0.25) is 11.7 Å². The summed E-state index contributed by atoms with van der Waals surface area (Å²) in [4.78, 5) is 10.0. The lowest BCUT2D eigenvalue weighted by atomic mass is 9.97. The molecule has 0 fully saturated rings. The average molecular weight is 437 g/mol. The number of hydrogen-bond acceptors (Lipinski definition) is 6. The number of aryl methyl sites for hydroxylation is 1. The predicted molar refractivity (Wildman–Crippen MR) is 123 cm³/mol. The van der Waals surface area contributed by atoms with Crippen molar-refractivity contribution in [2.75, 3.05) is 12.4 Å². The van der Waals surface area contributed by atoms with Crippen LogP contribution in [0.15, 0.2) is 64.1 Å². The Morgan fingerprint density at radius 1 is 1.07 bits per heavy atom. The van der Waals surface area contributed by atoms with Gasteiger partial charge in [0.25, 0.3) is 0 Å². The summed E-state index contributed by atoms with van der Waals surface area (Å²) in [7, 11) is 1.82. The first kappa shape index (κ1) is 20.4. The summed E-state index contributed by atoms with van der Waals surface area (Å²) in [5, 5.41) is 7.92. The van der Waals surface area contributed by atoms with E-state index in [4.69, 9.17) is 16.1 Å². The second kappa shape index (κ2) is 8.90. The van der Waals surface area contributed by atoms with Crippen molar-refractivity contribution in [3.05, 3.63) is 76.8 Å². The second-order valence-electron chi connectivity index (χ2n) is 6.84. The first-order chi connectivity index (χ1) is 14.6. The van der Waals surface area contributed by atoms with Crippen molar-refractivity contribution in [1.82, 2.24) is 15.1 Å². The van der Waals surface area contributed by atoms with Crippen molar-refractivity contribution in [2.24, 2.45) is 0 Å². The van der Waals surface area contributed by atoms with Crippen LogP contribution in [0.3, 0.4) is 0 Å². The normalized spacial score (nSPS) is 10.9. The Kier molecular flexibility index (Phi) is 6.06. The third-order valence-electron chi connectivity index (χ3n) is 4.94. The van der Waals surface area contributed by atoms with Crippen LogP contribution in [0.5, 0.6) is 0 Å². The Bertz CT molecular complexity index is 1170. The molecule has 0 atom stereocenters. The molecule has 4 rings (SSSR count). The molecule has 1 N–H and O–H groups in total. The van der Waals surface area contributed by atoms with Crippen LogP contribution in [0.1, 0.15) is 17.0 Å². The van der Waals surface area contributed by atoms with Gasteiger partial charge in [-0.05, 0) is 66.4 Å². The molecule has 0 saturated heterocycles. The highest BCUT2D eigenvalue weighted by Crippen LogP contribution is 2.37. The molecule has 5 nitrogen and oxygen atoms in total. The van der Waals surface area contributed by atoms with Gasteiger partial charge in [0.1, 0.15) is 5.82 Å². The number of benzene rings is 2. The number of aromatic nitrogens is 3. The Balaban J connectivity index is 1.60. The number of nitrogens with one attached hydrogen (secondary N) is 1. The van der Waals surface area contributed by atoms with Crippen LogP contribution in [-0.4, -0.2) is 22.2 Å². The van der Waals surface area contributed by atoms with Crippen molar-refractivity contribution in [3.63, 3.8) is 0 Å². The predicted octanol–water partition coefficient (Wildman–Crippen LogP) is 6.40. The topological polar surface area (TPSA) is 63.8 Å². The summed E-state index contributed by atoms with van der Waals surface area (Å²) in [6.45, 7) is 4.27. The number of nitrogens with zero attached hydrogens (tertiary/aromatic N) is 3. The highest BCUT2D eigenvalue weighted by molar-refractivity contribution is 7.98. The number of halogens is 1. The Labute approximate surface area is 184 Å². The van der Waals surface area contributed by atoms with E-state index < -0.39 is 0 Å². The Morgan fingerprint density at radius 3 is 2.63 bits per heavy atom. The quantitative estimate of drug-likeness (QED) is 0.352. The van der Waals surface area contributed by atoms with Crippen LogP contribution in [0.4, 0.5) is 5.82 Å². The van der Waals surface area contributed by atoms with E-state index in [0.29, 0.717) is 17.5 Å². The van der Waals surface area contributed by atoms with Gasteiger partial charge in [0.05, 0.1) is 11.3 Å². The van der Waals surface area contributed by atoms with E-state index in [1.165, 1.54) is 16.7 Å². The molecule has 0 unspecified atom stereocenters. The molecular weight excluding hydrogens is 416 g/mol. The molecule has 0 spiro atoms. The largest absolute Gasteiger partial charge is 0.373 e. The zero-order chi connectivity index (χ0) is 21.1. The Hall–Kier alpha value is -2.83. The van der Waals surface area contributed by atoms with Crippen molar-refractivity contribution >= 4 is 29.2 Å². The van der Waals surface area contributed by atoms with Crippen LogP contribution < -0.4 is 5.32 Å². The van der Waals surface area contributed by atoms with Gasteiger partial charge in [-0.15, -0.1) is 11.8 Å². The summed E-state index contributed by atoms with van der Waals surface area (Å²) in [6.07, 6.45) is 1.73. The van der Waals surface area contributed by atoms with Gasteiger partial charge in [-0.3, -0.25) is 0 Å². The van der Waals surface area contributed by atoms with Crippen molar-refractivity contribution in [2.45, 2.75) is 24.5 Å². The number of hydrogen-bond donors (Lipinski definition) is 1. The lowest BCUT2D eigenvalue weighted by Crippen LogP contribution is -1.95. The fourth-order valence-corrected chi connectivity index (χ4v) is 4.34. The first-order valence-electron chi connectivity index (χ1n) is 9.51. The van der Waals surface area contributed by atoms with Crippen LogP contribution in [-0.2, 0) is 5.75 Å². The van der Waals surface area contributed by atoms with E-state index in [2.05, 4.69) is 58.6 Å². The highest BCUT2D eigenvalue weighted by Gasteiger charge is 2.15. The molecule has 0 aliphatic carbocycles. The molecule has 2 aromatic carbocycles. The maximum Gasteiger partial charge on any atom is 0.237 e. The first-order valence-corrected chi connectivity index (χ1v) is 10.9. The summed E-state index contributed by atoms with van der Waals surface area (Å²) >= 11 is 7.76. The molecule has 0 saturated carbocycles. The van der Waals surface area contributed by atoms with Crippen LogP contribution in [0.25, 0.3) is 22.5 Å². The maximum absolute atomic E-state index is 6.08. The van der Waals surface area contributed by atoms with Gasteiger partial charge in [-0.2, -0.15) is 4.98 Å². The second-order valence-corrected chi connectivity index (χ2v) is 8.29. The molecule has 2 heterocycles. The molecule has 30 heavy (non-hydrogen) atoms. The lowest BCUT2D eigenvalue weighted by molar-refractivity contribution is 0.391. The minimum atomic E-state index is 0.529. The van der Waals surface area contributed by atoms with Gasteiger partial charge >= 0.3 is 0 Å². The monoisotopic (exact) mass is 436 g/mol. The summed E-state index contributed by atoms with van der Waals surface area (Å²) in [5.74, 6) is 2.39. The van der Waals surface area contributed by atoms with E-state index in [0.717, 1.165) is 26.9 Å². The number of rotatable bonds is 6. The number of anilines is 1. The van der Waals surface area contributed by atoms with Gasteiger partial charge in [-0.1, -0.05) is 35.0 Å². The van der Waals surface area contributed by atoms with Gasteiger partial charge in [0, 0.05) is 23.2 Å². The van der Waals surface area contributed by atoms with Crippen molar-refractivity contribution in [3.8, 4) is 22.5 Å². The Morgan fingerprint density at radius 2 is 1.87 bits per heavy atom. The zero-order valence-electron chi connectivity index (χ0n) is 16.9. The summed E-state index contributed by atoms with van der Waals surface area (Å²) in [6, 6.07) is 16.0. The smallest absolute Gasteiger partial charge is 0.237 e. The molecule has 7 heteroatoms. The highest BCUT2D eigenvalue weighted by atomic mass is 35.5. The van der Waals surface area contributed by atoms with Gasteiger partial charge in [0.15, 0.2) is 0 Å². The van der Waals surface area contributed by atoms with Gasteiger partial charge in [-0.25, -0.2) is 4.98 Å². The van der Waals surface area contributed by atoms with E-state index in [1.54, 1.807) is 18.0 Å². The molecule has 0 amide bonds. The molecular formula is C23H21ClN4OS. The van der Waals surface area contributed by atoms with E-state index in [9.17, 15) is 0 Å². The van der Waals surface area contributed by atoms with Gasteiger partial charge < -0.3 is 9.84 Å².